The summed E-state index contributed by atoms with van der Waals surface area (Å²) >= 11 is 0. The quantitative estimate of drug-likeness (QED) is 0.737. The summed E-state index contributed by atoms with van der Waals surface area (Å²) < 4.78 is 7.94. The van der Waals surface area contributed by atoms with E-state index in [1.807, 2.05) is 70.4 Å². The highest BCUT2D eigenvalue weighted by Gasteiger charge is 2.28. The molecule has 1 fully saturated rings. The third-order valence-corrected chi connectivity index (χ3v) is 4.40. The maximum atomic E-state index is 12.7. The van der Waals surface area contributed by atoms with E-state index >= 15 is 0 Å². The number of ether oxygens (including phenoxy) is 1. The predicted molar refractivity (Wildman–Crippen MR) is 94.9 cm³/mol. The molecule has 0 bridgehead atoms. The van der Waals surface area contributed by atoms with Crippen molar-refractivity contribution in [3.05, 3.63) is 78.9 Å². The van der Waals surface area contributed by atoms with E-state index in [-0.39, 0.29) is 12.0 Å². The number of likely N-dealkylation sites (tertiary alicyclic amines) is 1. The first kappa shape index (κ1) is 15.4. The number of carbonyl (C=O) groups excluding carboxylic acids is 1. The number of amides is 1. The Morgan fingerprint density at radius 3 is 2.48 bits per heavy atom. The molecule has 2 aromatic heterocycles. The normalized spacial score (nSPS) is 16.8. The first-order valence-corrected chi connectivity index (χ1v) is 8.39. The smallest absolute Gasteiger partial charge is 0.253 e. The molecule has 1 amide bonds. The van der Waals surface area contributed by atoms with Gasteiger partial charge in [-0.25, -0.2) is 0 Å². The highest BCUT2D eigenvalue weighted by molar-refractivity contribution is 5.94. The summed E-state index contributed by atoms with van der Waals surface area (Å²) in [7, 11) is 0. The number of nitrogens with zero attached hydrogens (tertiary/aromatic N) is 3. The zero-order chi connectivity index (χ0) is 17.1. The lowest BCUT2D eigenvalue weighted by Crippen LogP contribution is -2.30. The number of hydrogen-bond donors (Lipinski definition) is 0. The summed E-state index contributed by atoms with van der Waals surface area (Å²) in [6.07, 6.45) is 8.26. The average Bonchev–Trinajstić information content (AvgIpc) is 3.34. The van der Waals surface area contributed by atoms with Crippen molar-refractivity contribution >= 4 is 5.91 Å². The molecule has 0 unspecified atom stereocenters. The lowest BCUT2D eigenvalue weighted by molar-refractivity contribution is 0.0772. The van der Waals surface area contributed by atoms with Crippen LogP contribution < -0.4 is 4.74 Å². The van der Waals surface area contributed by atoms with Crippen LogP contribution in [0.2, 0.25) is 0 Å². The third-order valence-electron chi connectivity index (χ3n) is 4.40. The van der Waals surface area contributed by atoms with Crippen LogP contribution in [0.4, 0.5) is 0 Å². The molecule has 0 N–H and O–H groups in total. The molecule has 3 aromatic rings. The van der Waals surface area contributed by atoms with Crippen molar-refractivity contribution in [2.24, 2.45) is 0 Å². The number of aromatic nitrogens is 2. The molecule has 4 rings (SSSR count). The summed E-state index contributed by atoms with van der Waals surface area (Å²) in [6, 6.07) is 15.3. The number of hydrogen-bond acceptors (Lipinski definition) is 3. The number of carbonyl (C=O) groups is 1. The van der Waals surface area contributed by atoms with Gasteiger partial charge in [0.1, 0.15) is 11.9 Å². The molecule has 3 heterocycles. The van der Waals surface area contributed by atoms with Crippen LogP contribution in [-0.2, 0) is 0 Å². The van der Waals surface area contributed by atoms with Gasteiger partial charge in [-0.05, 0) is 48.5 Å². The molecular weight excluding hydrogens is 314 g/mol. The highest BCUT2D eigenvalue weighted by atomic mass is 16.5. The monoisotopic (exact) mass is 333 g/mol. The van der Waals surface area contributed by atoms with Gasteiger partial charge in [0.25, 0.3) is 5.91 Å². The molecule has 5 heteroatoms. The molecule has 25 heavy (non-hydrogen) atoms. The molecule has 0 spiro atoms. The second-order valence-corrected chi connectivity index (χ2v) is 6.10. The molecule has 1 aliphatic heterocycles. The van der Waals surface area contributed by atoms with Crippen molar-refractivity contribution in [1.82, 2.24) is 14.5 Å². The van der Waals surface area contributed by atoms with Crippen molar-refractivity contribution in [3.8, 4) is 11.4 Å². The van der Waals surface area contributed by atoms with Crippen LogP contribution in [0.25, 0.3) is 5.69 Å². The molecule has 1 saturated heterocycles. The maximum absolute atomic E-state index is 12.7. The summed E-state index contributed by atoms with van der Waals surface area (Å²) in [5, 5.41) is 0. The number of benzene rings is 1. The second kappa shape index (κ2) is 6.81. The lowest BCUT2D eigenvalue weighted by atomic mass is 10.2. The average molecular weight is 333 g/mol. The first-order chi connectivity index (χ1) is 12.3. The van der Waals surface area contributed by atoms with Gasteiger partial charge in [-0.2, -0.15) is 0 Å². The molecule has 0 saturated carbocycles. The van der Waals surface area contributed by atoms with Crippen LogP contribution in [0.1, 0.15) is 16.8 Å². The van der Waals surface area contributed by atoms with Crippen molar-refractivity contribution in [2.45, 2.75) is 12.5 Å². The lowest BCUT2D eigenvalue weighted by Gasteiger charge is -2.17. The third kappa shape index (κ3) is 3.40. The van der Waals surface area contributed by atoms with Crippen molar-refractivity contribution in [3.63, 3.8) is 0 Å². The van der Waals surface area contributed by atoms with Crippen molar-refractivity contribution in [1.29, 1.82) is 0 Å². The molecule has 1 aliphatic rings. The van der Waals surface area contributed by atoms with Crippen LogP contribution >= 0.6 is 0 Å². The predicted octanol–water partition coefficient (Wildman–Crippen LogP) is 3.17. The van der Waals surface area contributed by atoms with Gasteiger partial charge in [-0.3, -0.25) is 9.78 Å². The standard InChI is InChI=1S/C20H19N3O2/c24-20(16-3-5-17(6-4-16)22-12-1-2-13-22)23-14-9-19(15-23)25-18-7-10-21-11-8-18/h1-8,10-13,19H,9,14-15H2/t19-/m0/s1. The zero-order valence-corrected chi connectivity index (χ0v) is 13.8. The van der Waals surface area contributed by atoms with Gasteiger partial charge in [0.2, 0.25) is 0 Å². The Hall–Kier alpha value is -3.08. The fourth-order valence-corrected chi connectivity index (χ4v) is 3.08. The Bertz CT molecular complexity index is 829. The topological polar surface area (TPSA) is 47.4 Å². The molecule has 126 valence electrons. The van der Waals surface area contributed by atoms with Gasteiger partial charge < -0.3 is 14.2 Å². The largest absolute Gasteiger partial charge is 0.488 e. The van der Waals surface area contributed by atoms with Gasteiger partial charge in [-0.15, -0.1) is 0 Å². The Balaban J connectivity index is 1.40. The molecule has 1 aromatic carbocycles. The van der Waals surface area contributed by atoms with E-state index in [1.165, 1.54) is 0 Å². The van der Waals surface area contributed by atoms with E-state index in [4.69, 9.17) is 4.74 Å². The van der Waals surface area contributed by atoms with Crippen LogP contribution in [0.3, 0.4) is 0 Å². The zero-order valence-electron chi connectivity index (χ0n) is 13.8. The summed E-state index contributed by atoms with van der Waals surface area (Å²) in [6.45, 7) is 1.33. The molecular formula is C20H19N3O2. The van der Waals surface area contributed by atoms with Crippen LogP contribution in [0.15, 0.2) is 73.3 Å². The molecule has 1 atom stereocenters. The van der Waals surface area contributed by atoms with E-state index in [0.717, 1.165) is 17.9 Å². The van der Waals surface area contributed by atoms with E-state index < -0.39 is 0 Å². The van der Waals surface area contributed by atoms with Crippen LogP contribution in [0, 0.1) is 0 Å². The summed E-state index contributed by atoms with van der Waals surface area (Å²) in [5.74, 6) is 0.852. The minimum absolute atomic E-state index is 0.0329. The van der Waals surface area contributed by atoms with E-state index in [0.29, 0.717) is 18.7 Å². The molecule has 0 aliphatic carbocycles. The van der Waals surface area contributed by atoms with Crippen LogP contribution in [-0.4, -0.2) is 39.6 Å². The SMILES string of the molecule is O=C(c1ccc(-n2cccc2)cc1)N1CC[C@H](Oc2ccncc2)C1. The highest BCUT2D eigenvalue weighted by Crippen LogP contribution is 2.20. The minimum Gasteiger partial charge on any atom is -0.488 e. The Morgan fingerprint density at radius 2 is 1.76 bits per heavy atom. The fraction of sp³-hybridized carbons (Fsp3) is 0.200. The Labute approximate surface area is 146 Å². The van der Waals surface area contributed by atoms with Gasteiger partial charge >= 0.3 is 0 Å². The number of rotatable bonds is 4. The second-order valence-electron chi connectivity index (χ2n) is 6.10. The molecule has 0 radical (unpaired) electrons. The van der Waals surface area contributed by atoms with Gasteiger partial charge in [-0.1, -0.05) is 0 Å². The van der Waals surface area contributed by atoms with Gasteiger partial charge in [0, 0.05) is 49.0 Å². The van der Waals surface area contributed by atoms with E-state index in [2.05, 4.69) is 4.98 Å². The van der Waals surface area contributed by atoms with Crippen LogP contribution in [0.5, 0.6) is 5.75 Å². The number of pyridine rings is 1. The minimum atomic E-state index is 0.0329. The van der Waals surface area contributed by atoms with Gasteiger partial charge in [0.15, 0.2) is 0 Å². The van der Waals surface area contributed by atoms with Crippen molar-refractivity contribution in [2.75, 3.05) is 13.1 Å². The maximum Gasteiger partial charge on any atom is 0.253 e. The summed E-state index contributed by atoms with van der Waals surface area (Å²) in [5.41, 5.74) is 1.75. The van der Waals surface area contributed by atoms with E-state index in [1.54, 1.807) is 12.4 Å². The Kier molecular flexibility index (Phi) is 4.21. The first-order valence-electron chi connectivity index (χ1n) is 8.39. The Morgan fingerprint density at radius 1 is 1.04 bits per heavy atom. The fourth-order valence-electron chi connectivity index (χ4n) is 3.08. The van der Waals surface area contributed by atoms with Gasteiger partial charge in [0.05, 0.1) is 6.54 Å². The van der Waals surface area contributed by atoms with Crippen molar-refractivity contribution < 1.29 is 9.53 Å². The summed E-state index contributed by atoms with van der Waals surface area (Å²) in [4.78, 5) is 18.5. The molecule has 5 nitrogen and oxygen atoms in total. The van der Waals surface area contributed by atoms with E-state index in [9.17, 15) is 4.79 Å².